The lowest BCUT2D eigenvalue weighted by molar-refractivity contribution is -0.118. The lowest BCUT2D eigenvalue weighted by Gasteiger charge is -2.23. The molecule has 1 aliphatic rings. The number of halogens is 1. The summed E-state index contributed by atoms with van der Waals surface area (Å²) in [4.78, 5) is 20.1. The lowest BCUT2D eigenvalue weighted by Crippen LogP contribution is -2.39. The molecular weight excluding hydrogens is 296 g/mol. The van der Waals surface area contributed by atoms with Gasteiger partial charge in [-0.2, -0.15) is 0 Å². The first-order valence-corrected chi connectivity index (χ1v) is 7.60. The zero-order chi connectivity index (χ0) is 14.0. The van der Waals surface area contributed by atoms with Crippen molar-refractivity contribution in [3.8, 4) is 0 Å². The minimum absolute atomic E-state index is 0. The molecule has 0 radical (unpaired) electrons. The van der Waals surface area contributed by atoms with Crippen LogP contribution in [0.3, 0.4) is 0 Å². The van der Waals surface area contributed by atoms with Crippen molar-refractivity contribution in [3.63, 3.8) is 0 Å². The maximum Gasteiger partial charge on any atom is 0.243 e. The summed E-state index contributed by atoms with van der Waals surface area (Å²) in [5.41, 5.74) is 6.96. The van der Waals surface area contributed by atoms with Crippen LogP contribution in [-0.2, 0) is 17.8 Å². The summed E-state index contributed by atoms with van der Waals surface area (Å²) in [6, 6.07) is -0.479. The third kappa shape index (κ3) is 3.91. The molecule has 0 saturated heterocycles. The first-order valence-electron chi connectivity index (χ1n) is 6.78. The lowest BCUT2D eigenvalue weighted by atomic mass is 10.1. The van der Waals surface area contributed by atoms with E-state index in [-0.39, 0.29) is 24.2 Å². The van der Waals surface area contributed by atoms with Gasteiger partial charge in [0.1, 0.15) is 0 Å². The Hall–Kier alpha value is -0.690. The number of aromatic nitrogens is 1. The van der Waals surface area contributed by atoms with Crippen LogP contribution in [-0.4, -0.2) is 34.9 Å². The number of likely N-dealkylation sites (N-methyl/N-ethyl adjacent to an activating group) is 1. The molecule has 0 bridgehead atoms. The summed E-state index contributed by atoms with van der Waals surface area (Å²) in [5, 5.41) is 3.52. The molecule has 1 aromatic heterocycles. The van der Waals surface area contributed by atoms with Crippen molar-refractivity contribution in [3.05, 3.63) is 10.6 Å². The molecule has 20 heavy (non-hydrogen) atoms. The van der Waals surface area contributed by atoms with Gasteiger partial charge in [-0.1, -0.05) is 20.8 Å². The first-order chi connectivity index (χ1) is 9.01. The summed E-state index contributed by atoms with van der Waals surface area (Å²) < 4.78 is 0. The molecule has 1 aromatic rings. The number of thiazole rings is 1. The summed E-state index contributed by atoms with van der Waals surface area (Å²) in [7, 11) is 0. The average molecular weight is 319 g/mol. The number of hydrogen-bond donors (Lipinski definition) is 2. The highest BCUT2D eigenvalue weighted by Gasteiger charge is 2.22. The van der Waals surface area contributed by atoms with E-state index in [9.17, 15) is 4.79 Å². The van der Waals surface area contributed by atoms with Gasteiger partial charge in [0.15, 0.2) is 5.13 Å². The van der Waals surface area contributed by atoms with E-state index in [0.29, 0.717) is 5.13 Å². The minimum atomic E-state index is -0.479. The molecule has 1 atom stereocenters. The molecule has 114 valence electrons. The predicted molar refractivity (Wildman–Crippen MR) is 85.5 cm³/mol. The van der Waals surface area contributed by atoms with E-state index in [0.717, 1.165) is 31.7 Å². The Morgan fingerprint density at radius 1 is 1.55 bits per heavy atom. The monoisotopic (exact) mass is 318 g/mol. The maximum atomic E-state index is 11.9. The van der Waals surface area contributed by atoms with Crippen molar-refractivity contribution < 1.29 is 4.79 Å². The molecule has 0 saturated carbocycles. The van der Waals surface area contributed by atoms with Gasteiger partial charge in [0, 0.05) is 24.4 Å². The highest BCUT2D eigenvalue weighted by Crippen LogP contribution is 2.28. The van der Waals surface area contributed by atoms with Crippen LogP contribution in [0.5, 0.6) is 0 Å². The van der Waals surface area contributed by atoms with Gasteiger partial charge in [-0.25, -0.2) is 4.98 Å². The number of nitrogens with two attached hydrogens (primary N) is 1. The number of nitrogens with one attached hydrogen (secondary N) is 1. The number of carbonyl (C=O) groups is 1. The first kappa shape index (κ1) is 17.4. The normalized spacial score (nSPS) is 16.4. The fourth-order valence-corrected chi connectivity index (χ4v) is 3.12. The minimum Gasteiger partial charge on any atom is -0.320 e. The number of rotatable bonds is 4. The van der Waals surface area contributed by atoms with E-state index >= 15 is 0 Å². The Balaban J connectivity index is 0.00000200. The van der Waals surface area contributed by atoms with E-state index in [1.165, 1.54) is 4.88 Å². The maximum absolute atomic E-state index is 11.9. The number of hydrogen-bond acceptors (Lipinski definition) is 5. The quantitative estimate of drug-likeness (QED) is 0.889. The van der Waals surface area contributed by atoms with Crippen molar-refractivity contribution in [2.45, 2.75) is 39.8 Å². The van der Waals surface area contributed by atoms with Crippen LogP contribution in [0.4, 0.5) is 5.13 Å². The van der Waals surface area contributed by atoms with Crippen molar-refractivity contribution in [2.24, 2.45) is 11.7 Å². The SMILES string of the molecule is CCN1CCc2nc(NC(=O)[C@@H](N)C(C)C)sc2C1.Cl. The average Bonchev–Trinajstić information content (AvgIpc) is 2.78. The highest BCUT2D eigenvalue weighted by molar-refractivity contribution is 7.15. The fraction of sp³-hybridized carbons (Fsp3) is 0.692. The summed E-state index contributed by atoms with van der Waals surface area (Å²) in [6.45, 7) is 9.09. The van der Waals surface area contributed by atoms with Gasteiger partial charge in [0.05, 0.1) is 11.7 Å². The topological polar surface area (TPSA) is 71.2 Å². The molecule has 7 heteroatoms. The molecule has 3 N–H and O–H groups in total. The van der Waals surface area contributed by atoms with E-state index in [4.69, 9.17) is 5.73 Å². The Morgan fingerprint density at radius 3 is 2.85 bits per heavy atom. The zero-order valence-electron chi connectivity index (χ0n) is 12.2. The van der Waals surface area contributed by atoms with Crippen LogP contribution in [0.1, 0.15) is 31.3 Å². The zero-order valence-corrected chi connectivity index (χ0v) is 13.8. The Bertz CT molecular complexity index is 463. The third-order valence-corrected chi connectivity index (χ3v) is 4.51. The van der Waals surface area contributed by atoms with Crippen LogP contribution < -0.4 is 11.1 Å². The van der Waals surface area contributed by atoms with Crippen LogP contribution in [0, 0.1) is 5.92 Å². The summed E-state index contributed by atoms with van der Waals surface area (Å²) >= 11 is 1.57. The van der Waals surface area contributed by atoms with Gasteiger partial charge in [0.2, 0.25) is 5.91 Å². The third-order valence-electron chi connectivity index (χ3n) is 3.51. The molecule has 0 aromatic carbocycles. The molecule has 0 fully saturated rings. The Kier molecular flexibility index (Phi) is 6.39. The van der Waals surface area contributed by atoms with E-state index in [1.807, 2.05) is 13.8 Å². The molecule has 1 amide bonds. The van der Waals surface area contributed by atoms with Crippen LogP contribution in [0.25, 0.3) is 0 Å². The largest absolute Gasteiger partial charge is 0.320 e. The van der Waals surface area contributed by atoms with Gasteiger partial charge in [-0.3, -0.25) is 9.69 Å². The second kappa shape index (κ2) is 7.36. The number of nitrogens with zero attached hydrogens (tertiary/aromatic N) is 2. The number of amides is 1. The van der Waals surface area contributed by atoms with Crippen molar-refractivity contribution in [2.75, 3.05) is 18.4 Å². The predicted octanol–water partition coefficient (Wildman–Crippen LogP) is 1.86. The Labute approximate surface area is 130 Å². The summed E-state index contributed by atoms with van der Waals surface area (Å²) in [5.74, 6) is -0.0152. The molecule has 5 nitrogen and oxygen atoms in total. The van der Waals surface area contributed by atoms with E-state index in [2.05, 4.69) is 22.1 Å². The van der Waals surface area contributed by atoms with Gasteiger partial charge in [0.25, 0.3) is 0 Å². The molecule has 2 rings (SSSR count). The number of anilines is 1. The molecule has 0 unspecified atom stereocenters. The second-order valence-corrected chi connectivity index (χ2v) is 6.35. The van der Waals surface area contributed by atoms with Crippen LogP contribution >= 0.6 is 23.7 Å². The van der Waals surface area contributed by atoms with Gasteiger partial charge in [-0.15, -0.1) is 23.7 Å². The number of fused-ring (bicyclic) bond motifs is 1. The van der Waals surface area contributed by atoms with E-state index in [1.54, 1.807) is 11.3 Å². The highest BCUT2D eigenvalue weighted by atomic mass is 35.5. The van der Waals surface area contributed by atoms with Crippen molar-refractivity contribution >= 4 is 34.8 Å². The molecule has 2 heterocycles. The molecule has 1 aliphatic heterocycles. The smallest absolute Gasteiger partial charge is 0.243 e. The molecular formula is C13H23ClN4OS. The fourth-order valence-electron chi connectivity index (χ4n) is 2.06. The van der Waals surface area contributed by atoms with Crippen molar-refractivity contribution in [1.82, 2.24) is 9.88 Å². The van der Waals surface area contributed by atoms with Gasteiger partial charge in [-0.05, 0) is 12.5 Å². The standard InChI is InChI=1S/C13H22N4OS.ClH/c1-4-17-6-5-9-10(7-17)19-13(15-9)16-12(18)11(14)8(2)3;/h8,11H,4-7,14H2,1-3H3,(H,15,16,18);1H/t11-;/m0./s1. The van der Waals surface area contributed by atoms with Crippen LogP contribution in [0.2, 0.25) is 0 Å². The van der Waals surface area contributed by atoms with Crippen molar-refractivity contribution in [1.29, 1.82) is 0 Å². The van der Waals surface area contributed by atoms with Gasteiger partial charge < -0.3 is 11.1 Å². The Morgan fingerprint density at radius 2 is 2.25 bits per heavy atom. The van der Waals surface area contributed by atoms with Gasteiger partial charge >= 0.3 is 0 Å². The second-order valence-electron chi connectivity index (χ2n) is 5.27. The van der Waals surface area contributed by atoms with E-state index < -0.39 is 6.04 Å². The van der Waals surface area contributed by atoms with Crippen LogP contribution in [0.15, 0.2) is 0 Å². The molecule has 0 spiro atoms. The molecule has 0 aliphatic carbocycles. The summed E-state index contributed by atoms with van der Waals surface area (Å²) in [6.07, 6.45) is 0.964. The number of carbonyl (C=O) groups excluding carboxylic acids is 1.